The van der Waals surface area contributed by atoms with E-state index in [0.717, 1.165) is 31.4 Å². The molecule has 0 saturated heterocycles. The van der Waals surface area contributed by atoms with Crippen molar-refractivity contribution in [3.8, 4) is 0 Å². The molecule has 1 N–H and O–H groups in total. The number of nitrogens with one attached hydrogen (secondary N) is 1. The highest BCUT2D eigenvalue weighted by Gasteiger charge is 2.19. The zero-order chi connectivity index (χ0) is 14.7. The van der Waals surface area contributed by atoms with Gasteiger partial charge in [-0.15, -0.1) is 0 Å². The molecule has 1 saturated carbocycles. The van der Waals surface area contributed by atoms with Crippen LogP contribution in [0.2, 0.25) is 0 Å². The fraction of sp³-hybridized carbons (Fsp3) is 0.500. The average molecular weight is 285 g/mol. The molecule has 2 aromatic heterocycles. The second kappa shape index (κ2) is 6.37. The fourth-order valence-corrected chi connectivity index (χ4v) is 2.40. The Morgan fingerprint density at radius 2 is 2.10 bits per heavy atom. The van der Waals surface area contributed by atoms with Crippen LogP contribution in [0.3, 0.4) is 0 Å². The number of nitrogens with zero attached hydrogens (tertiary/aromatic N) is 4. The molecule has 0 aromatic carbocycles. The first-order valence-electron chi connectivity index (χ1n) is 7.52. The standard InChI is InChI=1S/C16H23N5/c1-20(10-14-9-19-21(2)11-14)12-16-4-3-13(8-18-16)7-17-15-5-6-15/h3-4,8-9,11,15,17H,5-7,10,12H2,1-2H3. The van der Waals surface area contributed by atoms with E-state index < -0.39 is 0 Å². The lowest BCUT2D eigenvalue weighted by atomic mass is 10.2. The fourth-order valence-electron chi connectivity index (χ4n) is 2.40. The topological polar surface area (TPSA) is 46.0 Å². The Bertz CT molecular complexity index is 571. The Kier molecular flexibility index (Phi) is 4.31. The maximum Gasteiger partial charge on any atom is 0.0544 e. The van der Waals surface area contributed by atoms with Gasteiger partial charge in [-0.05, 0) is 31.5 Å². The molecule has 0 amide bonds. The van der Waals surface area contributed by atoms with Crippen molar-refractivity contribution in [2.45, 2.75) is 38.5 Å². The minimum absolute atomic E-state index is 0.746. The van der Waals surface area contributed by atoms with Crippen molar-refractivity contribution in [3.63, 3.8) is 0 Å². The van der Waals surface area contributed by atoms with Crippen molar-refractivity contribution in [1.82, 2.24) is 25.0 Å². The van der Waals surface area contributed by atoms with E-state index in [1.165, 1.54) is 24.0 Å². The van der Waals surface area contributed by atoms with Crippen LogP contribution < -0.4 is 5.32 Å². The Balaban J connectivity index is 1.49. The molecule has 1 aliphatic rings. The van der Waals surface area contributed by atoms with Crippen LogP contribution in [0.15, 0.2) is 30.7 Å². The molecule has 5 nitrogen and oxygen atoms in total. The molecule has 21 heavy (non-hydrogen) atoms. The molecular formula is C16H23N5. The molecule has 0 unspecified atom stereocenters. The number of rotatable bonds is 7. The zero-order valence-electron chi connectivity index (χ0n) is 12.8. The van der Waals surface area contributed by atoms with E-state index >= 15 is 0 Å². The SMILES string of the molecule is CN(Cc1cnn(C)c1)Cc1ccc(CNC2CC2)cn1. The summed E-state index contributed by atoms with van der Waals surface area (Å²) < 4.78 is 1.84. The molecule has 1 aliphatic carbocycles. The maximum atomic E-state index is 4.56. The predicted octanol–water partition coefficient (Wildman–Crippen LogP) is 1.70. The molecule has 0 spiro atoms. The van der Waals surface area contributed by atoms with Crippen molar-refractivity contribution < 1.29 is 0 Å². The van der Waals surface area contributed by atoms with Crippen LogP contribution >= 0.6 is 0 Å². The van der Waals surface area contributed by atoms with Gasteiger partial charge in [0.05, 0.1) is 11.9 Å². The summed E-state index contributed by atoms with van der Waals surface area (Å²) in [6.07, 6.45) is 8.60. The van der Waals surface area contributed by atoms with Crippen LogP contribution in [0.5, 0.6) is 0 Å². The summed E-state index contributed by atoms with van der Waals surface area (Å²) in [4.78, 5) is 6.81. The first kappa shape index (κ1) is 14.2. The van der Waals surface area contributed by atoms with Crippen molar-refractivity contribution in [2.75, 3.05) is 7.05 Å². The highest BCUT2D eigenvalue weighted by Crippen LogP contribution is 2.19. The lowest BCUT2D eigenvalue weighted by Crippen LogP contribution is -2.18. The van der Waals surface area contributed by atoms with Crippen LogP contribution in [0.1, 0.15) is 29.7 Å². The van der Waals surface area contributed by atoms with Gasteiger partial charge in [0.25, 0.3) is 0 Å². The van der Waals surface area contributed by atoms with Gasteiger partial charge < -0.3 is 5.32 Å². The summed E-state index contributed by atoms with van der Waals surface area (Å²) in [5.41, 5.74) is 3.60. The maximum absolute atomic E-state index is 4.56. The number of hydrogen-bond donors (Lipinski definition) is 1. The molecule has 1 fully saturated rings. The lowest BCUT2D eigenvalue weighted by molar-refractivity contribution is 0.315. The molecule has 3 rings (SSSR count). The van der Waals surface area contributed by atoms with Crippen molar-refractivity contribution >= 4 is 0 Å². The first-order chi connectivity index (χ1) is 10.2. The highest BCUT2D eigenvalue weighted by atomic mass is 15.2. The van der Waals surface area contributed by atoms with Gasteiger partial charge in [0.15, 0.2) is 0 Å². The van der Waals surface area contributed by atoms with Gasteiger partial charge in [0.1, 0.15) is 0 Å². The number of aryl methyl sites for hydroxylation is 1. The molecule has 0 radical (unpaired) electrons. The summed E-state index contributed by atoms with van der Waals surface area (Å²) >= 11 is 0. The summed E-state index contributed by atoms with van der Waals surface area (Å²) in [6.45, 7) is 2.68. The van der Waals surface area contributed by atoms with Gasteiger partial charge in [-0.3, -0.25) is 14.6 Å². The van der Waals surface area contributed by atoms with Gasteiger partial charge in [-0.1, -0.05) is 6.07 Å². The Morgan fingerprint density at radius 1 is 1.24 bits per heavy atom. The molecule has 0 aliphatic heterocycles. The van der Waals surface area contributed by atoms with Gasteiger partial charge >= 0.3 is 0 Å². The van der Waals surface area contributed by atoms with E-state index in [2.05, 4.69) is 45.7 Å². The van der Waals surface area contributed by atoms with E-state index in [9.17, 15) is 0 Å². The monoisotopic (exact) mass is 285 g/mol. The third-order valence-electron chi connectivity index (χ3n) is 3.70. The third kappa shape index (κ3) is 4.37. The molecule has 112 valence electrons. The normalized spacial score (nSPS) is 14.8. The minimum Gasteiger partial charge on any atom is -0.310 e. The van der Waals surface area contributed by atoms with Crippen LogP contribution in [0, 0.1) is 0 Å². The van der Waals surface area contributed by atoms with Gasteiger partial charge in [-0.25, -0.2) is 0 Å². The molecule has 0 atom stereocenters. The van der Waals surface area contributed by atoms with Crippen molar-refractivity contribution in [1.29, 1.82) is 0 Å². The van der Waals surface area contributed by atoms with Gasteiger partial charge in [0.2, 0.25) is 0 Å². The van der Waals surface area contributed by atoms with E-state index in [1.807, 2.05) is 24.1 Å². The Hall–Kier alpha value is -1.72. The van der Waals surface area contributed by atoms with Crippen molar-refractivity contribution in [2.24, 2.45) is 7.05 Å². The van der Waals surface area contributed by atoms with Gasteiger partial charge in [0, 0.05) is 50.7 Å². The Labute approximate surface area is 126 Å². The van der Waals surface area contributed by atoms with Gasteiger partial charge in [-0.2, -0.15) is 5.10 Å². The van der Waals surface area contributed by atoms with E-state index in [-0.39, 0.29) is 0 Å². The Morgan fingerprint density at radius 3 is 2.71 bits per heavy atom. The quantitative estimate of drug-likeness (QED) is 0.841. The summed E-state index contributed by atoms with van der Waals surface area (Å²) in [6, 6.07) is 5.05. The summed E-state index contributed by atoms with van der Waals surface area (Å²) in [5.74, 6) is 0. The molecule has 0 bridgehead atoms. The van der Waals surface area contributed by atoms with E-state index in [0.29, 0.717) is 0 Å². The highest BCUT2D eigenvalue weighted by molar-refractivity contribution is 5.14. The number of aromatic nitrogens is 3. The molecule has 5 heteroatoms. The van der Waals surface area contributed by atoms with Crippen LogP contribution in [0.25, 0.3) is 0 Å². The largest absolute Gasteiger partial charge is 0.310 e. The zero-order valence-corrected chi connectivity index (χ0v) is 12.8. The number of pyridine rings is 1. The predicted molar refractivity (Wildman–Crippen MR) is 82.5 cm³/mol. The van der Waals surface area contributed by atoms with Crippen LogP contribution in [0.4, 0.5) is 0 Å². The van der Waals surface area contributed by atoms with Crippen LogP contribution in [-0.4, -0.2) is 32.8 Å². The first-order valence-corrected chi connectivity index (χ1v) is 7.52. The number of hydrogen-bond acceptors (Lipinski definition) is 4. The second-order valence-electron chi connectivity index (χ2n) is 6.01. The second-order valence-corrected chi connectivity index (χ2v) is 6.01. The molecular weight excluding hydrogens is 262 g/mol. The van der Waals surface area contributed by atoms with E-state index in [4.69, 9.17) is 0 Å². The van der Waals surface area contributed by atoms with E-state index in [1.54, 1.807) is 0 Å². The third-order valence-corrected chi connectivity index (χ3v) is 3.70. The smallest absolute Gasteiger partial charge is 0.0544 e. The van der Waals surface area contributed by atoms with Crippen LogP contribution in [-0.2, 0) is 26.7 Å². The van der Waals surface area contributed by atoms with Crippen molar-refractivity contribution in [3.05, 3.63) is 47.5 Å². The minimum atomic E-state index is 0.746. The summed E-state index contributed by atoms with van der Waals surface area (Å²) in [5, 5.41) is 7.70. The molecule has 2 aromatic rings. The molecule has 2 heterocycles. The average Bonchev–Trinajstić information content (AvgIpc) is 3.21. The lowest BCUT2D eigenvalue weighted by Gasteiger charge is -2.15. The summed E-state index contributed by atoms with van der Waals surface area (Å²) in [7, 11) is 4.05.